The van der Waals surface area contributed by atoms with Gasteiger partial charge in [0.2, 0.25) is 5.28 Å². The summed E-state index contributed by atoms with van der Waals surface area (Å²) in [6.45, 7) is 4.48. The first-order chi connectivity index (χ1) is 9.19. The second-order valence-electron chi connectivity index (χ2n) is 3.50. The van der Waals surface area contributed by atoms with Gasteiger partial charge in [0.25, 0.3) is 5.56 Å². The van der Waals surface area contributed by atoms with E-state index in [-0.39, 0.29) is 16.7 Å². The van der Waals surface area contributed by atoms with Crippen molar-refractivity contribution >= 4 is 23.5 Å². The summed E-state index contributed by atoms with van der Waals surface area (Å²) in [5.41, 5.74) is 0.00342. The van der Waals surface area contributed by atoms with E-state index in [1.807, 2.05) is 6.92 Å². The molecule has 0 spiro atoms. The van der Waals surface area contributed by atoms with Gasteiger partial charge in [-0.05, 0) is 18.5 Å². The number of aromatic amines is 1. The van der Waals surface area contributed by atoms with Gasteiger partial charge in [0.05, 0.1) is 19.8 Å². The average molecular weight is 289 g/mol. The quantitative estimate of drug-likeness (QED) is 0.356. The van der Waals surface area contributed by atoms with Crippen LogP contribution in [0.2, 0.25) is 5.28 Å². The maximum absolute atomic E-state index is 11.6. The second-order valence-corrected chi connectivity index (χ2v) is 3.86. The molecule has 106 valence electrons. The maximum atomic E-state index is 11.6. The van der Waals surface area contributed by atoms with Gasteiger partial charge in [-0.15, -0.1) is 0 Å². The predicted molar refractivity (Wildman–Crippen MR) is 73.6 cm³/mol. The van der Waals surface area contributed by atoms with E-state index in [0.29, 0.717) is 33.0 Å². The fraction of sp³-hybridized carbons (Fsp3) is 0.545. The standard InChI is InChI=1S/C11H17ClN4O3/c1-2-18-5-6-19-4-3-14-9-8(7-13)15-11(12)16-10(9)17/h7,13-14H,2-6H2,1H3,(H,15,16,17). The first kappa shape index (κ1) is 15.6. The number of aromatic nitrogens is 2. The van der Waals surface area contributed by atoms with Crippen molar-refractivity contribution in [1.82, 2.24) is 9.97 Å². The second kappa shape index (κ2) is 8.63. The summed E-state index contributed by atoms with van der Waals surface area (Å²) in [4.78, 5) is 17.8. The Kier molecular flexibility index (Phi) is 7.09. The Morgan fingerprint density at radius 3 is 2.84 bits per heavy atom. The number of hydrogen-bond acceptors (Lipinski definition) is 6. The van der Waals surface area contributed by atoms with Gasteiger partial charge in [0, 0.05) is 19.4 Å². The van der Waals surface area contributed by atoms with Crippen molar-refractivity contribution in [2.75, 3.05) is 38.3 Å². The Bertz CT molecular complexity index is 464. The fourth-order valence-corrected chi connectivity index (χ4v) is 1.53. The topological polar surface area (TPSA) is 100 Å². The van der Waals surface area contributed by atoms with Gasteiger partial charge >= 0.3 is 0 Å². The van der Waals surface area contributed by atoms with Crippen molar-refractivity contribution in [3.63, 3.8) is 0 Å². The van der Waals surface area contributed by atoms with Crippen molar-refractivity contribution in [3.8, 4) is 0 Å². The number of hydrogen-bond donors (Lipinski definition) is 3. The molecule has 0 aliphatic heterocycles. The SMILES string of the molecule is CCOCCOCCNc1c(C=N)nc(Cl)[nH]c1=O. The molecule has 0 unspecified atom stereocenters. The molecule has 1 rings (SSSR count). The Hall–Kier alpha value is -1.44. The zero-order chi connectivity index (χ0) is 14.1. The molecule has 0 aromatic carbocycles. The van der Waals surface area contributed by atoms with Gasteiger partial charge in [0.1, 0.15) is 11.4 Å². The molecule has 0 radical (unpaired) electrons. The van der Waals surface area contributed by atoms with E-state index in [2.05, 4.69) is 15.3 Å². The molecule has 3 N–H and O–H groups in total. The maximum Gasteiger partial charge on any atom is 0.275 e. The number of rotatable bonds is 9. The van der Waals surface area contributed by atoms with Crippen LogP contribution in [0.1, 0.15) is 12.6 Å². The van der Waals surface area contributed by atoms with Crippen LogP contribution in [0.25, 0.3) is 0 Å². The molecule has 0 saturated carbocycles. The molecule has 0 aliphatic carbocycles. The summed E-state index contributed by atoms with van der Waals surface area (Å²) in [6.07, 6.45) is 0.972. The van der Waals surface area contributed by atoms with E-state index < -0.39 is 5.56 Å². The van der Waals surface area contributed by atoms with Crippen LogP contribution in [0.3, 0.4) is 0 Å². The largest absolute Gasteiger partial charge is 0.379 e. The molecule has 0 fully saturated rings. The van der Waals surface area contributed by atoms with Gasteiger partial charge in [-0.3, -0.25) is 9.78 Å². The van der Waals surface area contributed by atoms with Crippen LogP contribution in [0.15, 0.2) is 4.79 Å². The summed E-state index contributed by atoms with van der Waals surface area (Å²) in [6, 6.07) is 0. The first-order valence-corrected chi connectivity index (χ1v) is 6.26. The molecule has 0 bridgehead atoms. The van der Waals surface area contributed by atoms with E-state index in [0.717, 1.165) is 6.21 Å². The van der Waals surface area contributed by atoms with Crippen LogP contribution in [0.5, 0.6) is 0 Å². The lowest BCUT2D eigenvalue weighted by atomic mass is 10.3. The van der Waals surface area contributed by atoms with Gasteiger partial charge in [-0.2, -0.15) is 0 Å². The average Bonchev–Trinajstić information content (AvgIpc) is 2.39. The lowest BCUT2D eigenvalue weighted by Crippen LogP contribution is -2.21. The molecular weight excluding hydrogens is 272 g/mol. The zero-order valence-corrected chi connectivity index (χ0v) is 11.4. The monoisotopic (exact) mass is 288 g/mol. The van der Waals surface area contributed by atoms with Gasteiger partial charge in [0.15, 0.2) is 0 Å². The summed E-state index contributed by atoms with van der Waals surface area (Å²) >= 11 is 5.60. The lowest BCUT2D eigenvalue weighted by Gasteiger charge is -2.08. The Morgan fingerprint density at radius 1 is 1.42 bits per heavy atom. The number of nitrogens with zero attached hydrogens (tertiary/aromatic N) is 1. The summed E-state index contributed by atoms with van der Waals surface area (Å²) in [5.74, 6) is 0. The molecule has 19 heavy (non-hydrogen) atoms. The summed E-state index contributed by atoms with van der Waals surface area (Å²) in [5, 5.41) is 10.0. The molecule has 0 saturated heterocycles. The highest BCUT2D eigenvalue weighted by Crippen LogP contribution is 2.06. The molecule has 0 aliphatic rings. The molecular formula is C11H17ClN4O3. The van der Waals surface area contributed by atoms with Gasteiger partial charge in [-0.25, -0.2) is 4.98 Å². The minimum Gasteiger partial charge on any atom is -0.379 e. The molecule has 0 amide bonds. The smallest absolute Gasteiger partial charge is 0.275 e. The van der Waals surface area contributed by atoms with Gasteiger partial charge < -0.3 is 20.2 Å². The van der Waals surface area contributed by atoms with E-state index >= 15 is 0 Å². The van der Waals surface area contributed by atoms with Crippen LogP contribution >= 0.6 is 11.6 Å². The molecule has 8 heteroatoms. The number of anilines is 1. The van der Waals surface area contributed by atoms with E-state index in [9.17, 15) is 4.79 Å². The molecule has 1 aromatic rings. The number of ether oxygens (including phenoxy) is 2. The van der Waals surface area contributed by atoms with Crippen LogP contribution in [-0.2, 0) is 9.47 Å². The summed E-state index contributed by atoms with van der Waals surface area (Å²) in [7, 11) is 0. The zero-order valence-electron chi connectivity index (χ0n) is 10.7. The van der Waals surface area contributed by atoms with E-state index in [1.165, 1.54) is 0 Å². The normalized spacial score (nSPS) is 10.4. The Labute approximate surface area is 115 Å². The number of halogens is 1. The summed E-state index contributed by atoms with van der Waals surface area (Å²) < 4.78 is 10.4. The molecule has 7 nitrogen and oxygen atoms in total. The minimum absolute atomic E-state index is 0.0398. The molecule has 1 heterocycles. The van der Waals surface area contributed by atoms with Crippen molar-refractivity contribution in [2.24, 2.45) is 0 Å². The van der Waals surface area contributed by atoms with E-state index in [4.69, 9.17) is 26.5 Å². The van der Waals surface area contributed by atoms with Gasteiger partial charge in [-0.1, -0.05) is 0 Å². The Balaban J connectivity index is 2.41. The van der Waals surface area contributed by atoms with Crippen LogP contribution in [0, 0.1) is 5.41 Å². The van der Waals surface area contributed by atoms with Crippen molar-refractivity contribution in [1.29, 1.82) is 5.41 Å². The molecule has 1 aromatic heterocycles. The van der Waals surface area contributed by atoms with E-state index in [1.54, 1.807) is 0 Å². The Morgan fingerprint density at radius 2 is 2.16 bits per heavy atom. The van der Waals surface area contributed by atoms with Crippen molar-refractivity contribution in [3.05, 3.63) is 21.3 Å². The predicted octanol–water partition coefficient (Wildman–Crippen LogP) is 0.886. The molecule has 0 atom stereocenters. The number of H-pyrrole nitrogens is 1. The van der Waals surface area contributed by atoms with Crippen molar-refractivity contribution in [2.45, 2.75) is 6.92 Å². The third kappa shape index (κ3) is 5.37. The highest BCUT2D eigenvalue weighted by atomic mass is 35.5. The van der Waals surface area contributed by atoms with Crippen LogP contribution < -0.4 is 10.9 Å². The third-order valence-electron chi connectivity index (χ3n) is 2.18. The highest BCUT2D eigenvalue weighted by Gasteiger charge is 2.08. The van der Waals surface area contributed by atoms with Crippen molar-refractivity contribution < 1.29 is 9.47 Å². The first-order valence-electron chi connectivity index (χ1n) is 5.88. The minimum atomic E-state index is -0.409. The van der Waals surface area contributed by atoms with Crippen LogP contribution in [0.4, 0.5) is 5.69 Å². The third-order valence-corrected chi connectivity index (χ3v) is 2.36. The fourth-order valence-electron chi connectivity index (χ4n) is 1.35. The lowest BCUT2D eigenvalue weighted by molar-refractivity contribution is 0.0570. The van der Waals surface area contributed by atoms with Crippen LogP contribution in [-0.4, -0.2) is 49.2 Å². The number of nitrogens with one attached hydrogen (secondary N) is 3. The highest BCUT2D eigenvalue weighted by molar-refractivity contribution is 6.28.